The fourth-order valence-corrected chi connectivity index (χ4v) is 1.71. The molecule has 0 aromatic heterocycles. The number of carbonyl (C=O) groups excluding carboxylic acids is 2. The number of carbonyl (C=O) groups is 2. The van der Waals surface area contributed by atoms with Gasteiger partial charge in [0.2, 0.25) is 5.91 Å². The molecule has 4 N–H and O–H groups in total. The molecule has 0 aliphatic carbocycles. The zero-order chi connectivity index (χ0) is 15.8. The Bertz CT molecular complexity index is 520. The molecule has 6 nitrogen and oxygen atoms in total. The maximum atomic E-state index is 13.8. The van der Waals surface area contributed by atoms with Crippen LogP contribution in [-0.2, 0) is 9.53 Å². The lowest BCUT2D eigenvalue weighted by atomic mass is 10.1. The first kappa shape index (κ1) is 16.7. The van der Waals surface area contributed by atoms with Crippen molar-refractivity contribution < 1.29 is 18.7 Å². The molecule has 1 aromatic carbocycles. The zero-order valence-corrected chi connectivity index (χ0v) is 12.2. The van der Waals surface area contributed by atoms with Crippen LogP contribution in [0.2, 0.25) is 0 Å². The van der Waals surface area contributed by atoms with Crippen molar-refractivity contribution in [3.05, 3.63) is 23.5 Å². The predicted octanol–water partition coefficient (Wildman–Crippen LogP) is 1.52. The van der Waals surface area contributed by atoms with Crippen molar-refractivity contribution in [1.29, 1.82) is 0 Å². The molecular weight excluding hydrogens is 277 g/mol. The summed E-state index contributed by atoms with van der Waals surface area (Å²) < 4.78 is 18.6. The largest absolute Gasteiger partial charge is 0.462 e. The van der Waals surface area contributed by atoms with Gasteiger partial charge in [-0.05, 0) is 26.0 Å². The molecule has 0 radical (unpaired) electrons. The van der Waals surface area contributed by atoms with E-state index in [4.69, 9.17) is 10.5 Å². The van der Waals surface area contributed by atoms with Crippen LogP contribution in [0.3, 0.4) is 0 Å². The molecule has 0 saturated heterocycles. The van der Waals surface area contributed by atoms with Gasteiger partial charge in [-0.1, -0.05) is 0 Å². The fraction of sp³-hybridized carbons (Fsp3) is 0.429. The van der Waals surface area contributed by atoms with Crippen LogP contribution in [0.25, 0.3) is 0 Å². The Morgan fingerprint density at radius 1 is 1.33 bits per heavy atom. The lowest BCUT2D eigenvalue weighted by Gasteiger charge is -2.11. The van der Waals surface area contributed by atoms with Gasteiger partial charge in [0.25, 0.3) is 0 Å². The highest BCUT2D eigenvalue weighted by Crippen LogP contribution is 2.23. The van der Waals surface area contributed by atoms with Gasteiger partial charge in [-0.15, -0.1) is 0 Å². The molecule has 0 heterocycles. The SMILES string of the molecule is CCNC(=O)CCNc1cc(C(=O)OCC)c(N)cc1F. The van der Waals surface area contributed by atoms with Crippen LogP contribution in [-0.4, -0.2) is 31.6 Å². The summed E-state index contributed by atoms with van der Waals surface area (Å²) in [5.74, 6) is -1.33. The number of hydrogen-bond donors (Lipinski definition) is 3. The van der Waals surface area contributed by atoms with E-state index in [2.05, 4.69) is 10.6 Å². The smallest absolute Gasteiger partial charge is 0.340 e. The summed E-state index contributed by atoms with van der Waals surface area (Å²) in [6.07, 6.45) is 0.201. The number of benzene rings is 1. The number of rotatable bonds is 7. The van der Waals surface area contributed by atoms with Crippen molar-refractivity contribution >= 4 is 23.3 Å². The van der Waals surface area contributed by atoms with E-state index >= 15 is 0 Å². The van der Waals surface area contributed by atoms with E-state index in [-0.39, 0.29) is 42.4 Å². The van der Waals surface area contributed by atoms with Crippen LogP contribution in [0, 0.1) is 5.82 Å². The highest BCUT2D eigenvalue weighted by molar-refractivity contribution is 5.96. The molecule has 21 heavy (non-hydrogen) atoms. The summed E-state index contributed by atoms with van der Waals surface area (Å²) in [4.78, 5) is 23.0. The van der Waals surface area contributed by atoms with Gasteiger partial charge >= 0.3 is 5.97 Å². The Morgan fingerprint density at radius 2 is 2.05 bits per heavy atom. The van der Waals surface area contributed by atoms with Crippen molar-refractivity contribution in [3.8, 4) is 0 Å². The normalized spacial score (nSPS) is 10.0. The topological polar surface area (TPSA) is 93.5 Å². The molecule has 0 bridgehead atoms. The standard InChI is InChI=1S/C14H20FN3O3/c1-3-17-13(19)5-6-18-12-7-9(14(20)21-4-2)11(16)8-10(12)15/h7-8,18H,3-6,16H2,1-2H3,(H,17,19). The number of nitrogens with one attached hydrogen (secondary N) is 2. The van der Waals surface area contributed by atoms with E-state index in [9.17, 15) is 14.0 Å². The third-order valence-corrected chi connectivity index (χ3v) is 2.68. The summed E-state index contributed by atoms with van der Waals surface area (Å²) in [5.41, 5.74) is 5.82. The average Bonchev–Trinajstić information content (AvgIpc) is 2.41. The Labute approximate surface area is 122 Å². The molecule has 0 aliphatic rings. The molecule has 0 atom stereocenters. The second-order valence-electron chi connectivity index (χ2n) is 4.27. The Morgan fingerprint density at radius 3 is 2.67 bits per heavy atom. The van der Waals surface area contributed by atoms with Crippen LogP contribution in [0.15, 0.2) is 12.1 Å². The van der Waals surface area contributed by atoms with Crippen molar-refractivity contribution in [2.45, 2.75) is 20.3 Å². The second kappa shape index (κ2) is 8.08. The van der Waals surface area contributed by atoms with Crippen LogP contribution in [0.1, 0.15) is 30.6 Å². The van der Waals surface area contributed by atoms with E-state index in [1.165, 1.54) is 6.07 Å². The number of esters is 1. The Kier molecular flexibility index (Phi) is 6.45. The first-order valence-electron chi connectivity index (χ1n) is 6.76. The van der Waals surface area contributed by atoms with Crippen LogP contribution in [0.5, 0.6) is 0 Å². The van der Waals surface area contributed by atoms with Crippen LogP contribution in [0.4, 0.5) is 15.8 Å². The number of halogens is 1. The van der Waals surface area contributed by atoms with E-state index in [0.717, 1.165) is 6.07 Å². The van der Waals surface area contributed by atoms with Crippen LogP contribution < -0.4 is 16.4 Å². The maximum Gasteiger partial charge on any atom is 0.340 e. The number of ether oxygens (including phenoxy) is 1. The molecule has 0 fully saturated rings. The van der Waals surface area contributed by atoms with Gasteiger partial charge in [-0.3, -0.25) is 4.79 Å². The molecule has 1 aromatic rings. The molecule has 7 heteroatoms. The molecule has 116 valence electrons. The molecule has 0 spiro atoms. The van der Waals surface area contributed by atoms with Crippen molar-refractivity contribution in [1.82, 2.24) is 5.32 Å². The van der Waals surface area contributed by atoms with Crippen LogP contribution >= 0.6 is 0 Å². The van der Waals surface area contributed by atoms with E-state index < -0.39 is 11.8 Å². The van der Waals surface area contributed by atoms with E-state index in [1.807, 2.05) is 6.92 Å². The minimum Gasteiger partial charge on any atom is -0.462 e. The minimum absolute atomic E-state index is 0.0141. The molecule has 0 unspecified atom stereocenters. The van der Waals surface area contributed by atoms with Gasteiger partial charge in [-0.2, -0.15) is 0 Å². The summed E-state index contributed by atoms with van der Waals surface area (Å²) in [6, 6.07) is 2.35. The minimum atomic E-state index is -0.609. The second-order valence-corrected chi connectivity index (χ2v) is 4.27. The quantitative estimate of drug-likeness (QED) is 0.524. The average molecular weight is 297 g/mol. The highest BCUT2D eigenvalue weighted by atomic mass is 19.1. The van der Waals surface area contributed by atoms with Gasteiger partial charge in [-0.25, -0.2) is 9.18 Å². The summed E-state index contributed by atoms with van der Waals surface area (Å²) in [5, 5.41) is 5.40. The fourth-order valence-electron chi connectivity index (χ4n) is 1.71. The predicted molar refractivity (Wildman–Crippen MR) is 78.6 cm³/mol. The molecule has 0 aliphatic heterocycles. The summed E-state index contributed by atoms with van der Waals surface area (Å²) in [7, 11) is 0. The number of nitrogens with two attached hydrogens (primary N) is 1. The zero-order valence-electron chi connectivity index (χ0n) is 12.2. The summed E-state index contributed by atoms with van der Waals surface area (Å²) >= 11 is 0. The molecular formula is C14H20FN3O3. The third-order valence-electron chi connectivity index (χ3n) is 2.68. The third kappa shape index (κ3) is 4.94. The van der Waals surface area contributed by atoms with Crippen molar-refractivity contribution in [2.75, 3.05) is 30.7 Å². The number of hydrogen-bond acceptors (Lipinski definition) is 5. The number of amides is 1. The first-order valence-corrected chi connectivity index (χ1v) is 6.76. The Balaban J connectivity index is 2.76. The molecule has 0 saturated carbocycles. The lowest BCUT2D eigenvalue weighted by Crippen LogP contribution is -2.25. The van der Waals surface area contributed by atoms with Gasteiger partial charge < -0.3 is 21.1 Å². The molecule has 1 amide bonds. The summed E-state index contributed by atoms with van der Waals surface area (Å²) in [6.45, 7) is 4.48. The van der Waals surface area contributed by atoms with Gasteiger partial charge in [0, 0.05) is 25.2 Å². The highest BCUT2D eigenvalue weighted by Gasteiger charge is 2.15. The lowest BCUT2D eigenvalue weighted by molar-refractivity contribution is -0.120. The number of anilines is 2. The van der Waals surface area contributed by atoms with E-state index in [1.54, 1.807) is 6.92 Å². The first-order chi connectivity index (χ1) is 9.99. The Hall–Kier alpha value is -2.31. The van der Waals surface area contributed by atoms with E-state index in [0.29, 0.717) is 6.54 Å². The van der Waals surface area contributed by atoms with Crippen molar-refractivity contribution in [3.63, 3.8) is 0 Å². The monoisotopic (exact) mass is 297 g/mol. The van der Waals surface area contributed by atoms with Gasteiger partial charge in [0.05, 0.1) is 17.9 Å². The van der Waals surface area contributed by atoms with Gasteiger partial charge in [0.1, 0.15) is 5.82 Å². The number of nitrogen functional groups attached to an aromatic ring is 1. The van der Waals surface area contributed by atoms with Crippen molar-refractivity contribution in [2.24, 2.45) is 0 Å². The van der Waals surface area contributed by atoms with Gasteiger partial charge in [0.15, 0.2) is 0 Å². The maximum absolute atomic E-state index is 13.8. The molecule has 1 rings (SSSR count).